The molecule has 2 aromatic carbocycles. The zero-order chi connectivity index (χ0) is 18.1. The highest BCUT2D eigenvalue weighted by molar-refractivity contribution is 7.89. The number of sulfonamides is 1. The van der Waals surface area contributed by atoms with Crippen molar-refractivity contribution in [2.24, 2.45) is 0 Å². The Labute approximate surface area is 152 Å². The zero-order valence-corrected chi connectivity index (χ0v) is 15.1. The number of halogens is 1. The number of benzene rings is 2. The fourth-order valence-corrected chi connectivity index (χ4v) is 3.00. The van der Waals surface area contributed by atoms with Crippen LogP contribution >= 0.6 is 11.6 Å². The second kappa shape index (κ2) is 9.36. The molecule has 0 heterocycles. The summed E-state index contributed by atoms with van der Waals surface area (Å²) in [6.45, 7) is 0.265. The van der Waals surface area contributed by atoms with Crippen LogP contribution in [0.1, 0.15) is 11.1 Å². The third-order valence-electron chi connectivity index (χ3n) is 3.31. The van der Waals surface area contributed by atoms with Crippen molar-refractivity contribution in [1.82, 2.24) is 10.0 Å². The van der Waals surface area contributed by atoms with Crippen LogP contribution in [-0.2, 0) is 21.4 Å². The molecule has 0 fully saturated rings. The summed E-state index contributed by atoms with van der Waals surface area (Å²) in [5.41, 5.74) is 1.71. The molecule has 2 aromatic rings. The van der Waals surface area contributed by atoms with E-state index >= 15 is 0 Å². The van der Waals surface area contributed by atoms with Crippen LogP contribution in [0.4, 0.5) is 0 Å². The quantitative estimate of drug-likeness (QED) is 0.693. The van der Waals surface area contributed by atoms with Crippen LogP contribution in [0.25, 0.3) is 6.08 Å². The molecular weight excluding hydrogens is 360 g/mol. The Hall–Kier alpha value is -2.15. The molecule has 0 radical (unpaired) electrons. The van der Waals surface area contributed by atoms with Gasteiger partial charge in [0.25, 0.3) is 0 Å². The molecule has 0 saturated carbocycles. The minimum atomic E-state index is -3.45. The van der Waals surface area contributed by atoms with E-state index in [1.165, 1.54) is 6.08 Å². The predicted octanol–water partition coefficient (Wildman–Crippen LogP) is 2.59. The third kappa shape index (κ3) is 7.51. The van der Waals surface area contributed by atoms with Gasteiger partial charge in [0.15, 0.2) is 0 Å². The molecule has 5 nitrogen and oxygen atoms in total. The maximum absolute atomic E-state index is 11.9. The number of hydrogen-bond donors (Lipinski definition) is 2. The van der Waals surface area contributed by atoms with Gasteiger partial charge >= 0.3 is 0 Å². The van der Waals surface area contributed by atoms with E-state index in [1.54, 1.807) is 30.3 Å². The number of amides is 1. The molecule has 0 unspecified atom stereocenters. The standard InChI is InChI=1S/C18H19ClN2O3S/c19-17-9-6-15(7-10-17)8-11-18(22)20-12-13-25(23,24)21-14-16-4-2-1-3-5-16/h1-11,21H,12-14H2,(H,20,22)/b11-8+. The first-order valence-corrected chi connectivity index (χ1v) is 9.70. The van der Waals surface area contributed by atoms with Crippen LogP contribution in [0, 0.1) is 0 Å². The molecule has 132 valence electrons. The molecule has 0 aliphatic rings. The van der Waals surface area contributed by atoms with Gasteiger partial charge in [-0.2, -0.15) is 0 Å². The minimum Gasteiger partial charge on any atom is -0.351 e. The molecule has 1 amide bonds. The summed E-state index contributed by atoms with van der Waals surface area (Å²) in [5, 5.41) is 3.17. The number of hydrogen-bond acceptors (Lipinski definition) is 3. The van der Waals surface area contributed by atoms with Gasteiger partial charge in [0, 0.05) is 24.2 Å². The van der Waals surface area contributed by atoms with E-state index in [2.05, 4.69) is 10.0 Å². The molecule has 0 aromatic heterocycles. The lowest BCUT2D eigenvalue weighted by Gasteiger charge is -2.07. The summed E-state index contributed by atoms with van der Waals surface area (Å²) in [7, 11) is -3.45. The normalized spacial score (nSPS) is 11.6. The van der Waals surface area contributed by atoms with E-state index in [9.17, 15) is 13.2 Å². The van der Waals surface area contributed by atoms with Crippen LogP contribution in [0.15, 0.2) is 60.7 Å². The minimum absolute atomic E-state index is 0.0356. The van der Waals surface area contributed by atoms with E-state index in [-0.39, 0.29) is 24.7 Å². The monoisotopic (exact) mass is 378 g/mol. The molecule has 0 aliphatic carbocycles. The average molecular weight is 379 g/mol. The highest BCUT2D eigenvalue weighted by Crippen LogP contribution is 2.10. The number of nitrogens with one attached hydrogen (secondary N) is 2. The van der Waals surface area contributed by atoms with Crippen molar-refractivity contribution < 1.29 is 13.2 Å². The molecule has 0 aliphatic heterocycles. The molecule has 0 spiro atoms. The topological polar surface area (TPSA) is 75.3 Å². The van der Waals surface area contributed by atoms with Gasteiger partial charge in [-0.05, 0) is 29.3 Å². The molecular formula is C18H19ClN2O3S. The molecule has 2 N–H and O–H groups in total. The highest BCUT2D eigenvalue weighted by Gasteiger charge is 2.10. The van der Waals surface area contributed by atoms with E-state index in [0.29, 0.717) is 5.02 Å². The van der Waals surface area contributed by atoms with E-state index < -0.39 is 10.0 Å². The largest absolute Gasteiger partial charge is 0.351 e. The van der Waals surface area contributed by atoms with Crippen LogP contribution < -0.4 is 10.0 Å². The van der Waals surface area contributed by atoms with Crippen molar-refractivity contribution in [3.63, 3.8) is 0 Å². The summed E-state index contributed by atoms with van der Waals surface area (Å²) in [6, 6.07) is 16.2. The van der Waals surface area contributed by atoms with Crippen molar-refractivity contribution in [3.8, 4) is 0 Å². The highest BCUT2D eigenvalue weighted by atomic mass is 35.5. The SMILES string of the molecule is O=C(/C=C/c1ccc(Cl)cc1)NCCS(=O)(=O)NCc1ccccc1. The first kappa shape index (κ1) is 19.2. The van der Waals surface area contributed by atoms with Crippen molar-refractivity contribution >= 4 is 33.6 Å². The third-order valence-corrected chi connectivity index (χ3v) is 4.88. The van der Waals surface area contributed by atoms with Crippen LogP contribution in [0.3, 0.4) is 0 Å². The predicted molar refractivity (Wildman–Crippen MR) is 101 cm³/mol. The van der Waals surface area contributed by atoms with Gasteiger partial charge in [-0.25, -0.2) is 13.1 Å². The number of carbonyl (C=O) groups is 1. The Kier molecular flexibility index (Phi) is 7.18. The second-order valence-electron chi connectivity index (χ2n) is 5.30. The number of rotatable bonds is 8. The van der Waals surface area contributed by atoms with Crippen molar-refractivity contribution in [3.05, 3.63) is 76.8 Å². The Bertz CT molecular complexity index is 819. The molecule has 0 atom stereocenters. The van der Waals surface area contributed by atoms with Crippen LogP contribution in [-0.4, -0.2) is 26.6 Å². The Morgan fingerprint density at radius 2 is 1.72 bits per heavy atom. The van der Waals surface area contributed by atoms with E-state index in [4.69, 9.17) is 11.6 Å². The summed E-state index contributed by atoms with van der Waals surface area (Å²) in [5.74, 6) is -0.534. The fraction of sp³-hybridized carbons (Fsp3) is 0.167. The van der Waals surface area contributed by atoms with Gasteiger partial charge in [0.05, 0.1) is 5.75 Å². The average Bonchev–Trinajstić information content (AvgIpc) is 2.60. The molecule has 0 bridgehead atoms. The lowest BCUT2D eigenvalue weighted by molar-refractivity contribution is -0.116. The molecule has 25 heavy (non-hydrogen) atoms. The lowest BCUT2D eigenvalue weighted by atomic mass is 10.2. The first-order valence-electron chi connectivity index (χ1n) is 7.67. The van der Waals surface area contributed by atoms with Crippen molar-refractivity contribution in [2.75, 3.05) is 12.3 Å². The smallest absolute Gasteiger partial charge is 0.244 e. The lowest BCUT2D eigenvalue weighted by Crippen LogP contribution is -2.33. The molecule has 7 heteroatoms. The van der Waals surface area contributed by atoms with Crippen molar-refractivity contribution in [2.45, 2.75) is 6.54 Å². The van der Waals surface area contributed by atoms with Crippen LogP contribution in [0.5, 0.6) is 0 Å². The van der Waals surface area contributed by atoms with Gasteiger partial charge in [0.2, 0.25) is 15.9 Å². The Balaban J connectivity index is 1.73. The van der Waals surface area contributed by atoms with Gasteiger partial charge < -0.3 is 5.32 Å². The maximum atomic E-state index is 11.9. The fourth-order valence-electron chi connectivity index (χ4n) is 1.97. The number of carbonyl (C=O) groups excluding carboxylic acids is 1. The van der Waals surface area contributed by atoms with Gasteiger partial charge in [-0.1, -0.05) is 54.1 Å². The van der Waals surface area contributed by atoms with Crippen LogP contribution in [0.2, 0.25) is 5.02 Å². The van der Waals surface area contributed by atoms with Gasteiger partial charge in [-0.15, -0.1) is 0 Å². The summed E-state index contributed by atoms with van der Waals surface area (Å²) >= 11 is 5.78. The summed E-state index contributed by atoms with van der Waals surface area (Å²) in [4.78, 5) is 11.7. The van der Waals surface area contributed by atoms with Gasteiger partial charge in [0.1, 0.15) is 0 Å². The Morgan fingerprint density at radius 1 is 1.04 bits per heavy atom. The van der Waals surface area contributed by atoms with Gasteiger partial charge in [-0.3, -0.25) is 4.79 Å². The maximum Gasteiger partial charge on any atom is 0.244 e. The molecule has 0 saturated heterocycles. The summed E-state index contributed by atoms with van der Waals surface area (Å²) < 4.78 is 26.3. The van der Waals surface area contributed by atoms with E-state index in [0.717, 1.165) is 11.1 Å². The first-order chi connectivity index (χ1) is 11.9. The second-order valence-corrected chi connectivity index (χ2v) is 7.66. The summed E-state index contributed by atoms with van der Waals surface area (Å²) in [6.07, 6.45) is 2.99. The molecule has 2 rings (SSSR count). The van der Waals surface area contributed by atoms with E-state index in [1.807, 2.05) is 30.3 Å². The zero-order valence-electron chi connectivity index (χ0n) is 13.5. The van der Waals surface area contributed by atoms with Crippen molar-refractivity contribution in [1.29, 1.82) is 0 Å². The Morgan fingerprint density at radius 3 is 2.40 bits per heavy atom.